The van der Waals surface area contributed by atoms with Gasteiger partial charge in [-0.3, -0.25) is 0 Å². The first-order valence-electron chi connectivity index (χ1n) is 5.93. The summed E-state index contributed by atoms with van der Waals surface area (Å²) in [6.45, 7) is 10.1. The molecular weight excluding hydrogens is 284 g/mol. The first-order chi connectivity index (χ1) is 7.76. The zero-order chi connectivity index (χ0) is 11.8. The number of halogens is 1. The standard InChI is InChI=1S/C12H21BrN2S/c1-3-15(4-2)10-9-14-8-7-11-5-6-12(13)16-11/h5-6,14H,3-4,7-10H2,1-2H3. The zero-order valence-electron chi connectivity index (χ0n) is 10.1. The maximum atomic E-state index is 3.49. The zero-order valence-corrected chi connectivity index (χ0v) is 12.5. The molecule has 4 heteroatoms. The number of nitrogens with one attached hydrogen (secondary N) is 1. The first-order valence-corrected chi connectivity index (χ1v) is 7.54. The Balaban J connectivity index is 2.04. The van der Waals surface area contributed by atoms with Crippen LogP contribution in [0.2, 0.25) is 0 Å². The Hall–Kier alpha value is 0.1000. The van der Waals surface area contributed by atoms with Crippen molar-refractivity contribution >= 4 is 27.3 Å². The van der Waals surface area contributed by atoms with Crippen LogP contribution in [0.4, 0.5) is 0 Å². The number of nitrogens with zero attached hydrogens (tertiary/aromatic N) is 1. The summed E-state index contributed by atoms with van der Waals surface area (Å²) in [4.78, 5) is 3.89. The lowest BCUT2D eigenvalue weighted by molar-refractivity contribution is 0.303. The van der Waals surface area contributed by atoms with E-state index in [1.54, 1.807) is 0 Å². The molecule has 16 heavy (non-hydrogen) atoms. The van der Waals surface area contributed by atoms with Crippen molar-refractivity contribution in [3.8, 4) is 0 Å². The van der Waals surface area contributed by atoms with Crippen LogP contribution >= 0.6 is 27.3 Å². The Morgan fingerprint density at radius 1 is 1.25 bits per heavy atom. The highest BCUT2D eigenvalue weighted by Gasteiger charge is 1.99. The summed E-state index contributed by atoms with van der Waals surface area (Å²) in [6, 6.07) is 4.32. The van der Waals surface area contributed by atoms with Gasteiger partial charge in [0, 0.05) is 24.5 Å². The number of hydrogen-bond acceptors (Lipinski definition) is 3. The molecule has 0 bridgehead atoms. The van der Waals surface area contributed by atoms with Gasteiger partial charge >= 0.3 is 0 Å². The first kappa shape index (κ1) is 14.2. The van der Waals surface area contributed by atoms with Gasteiger partial charge in [0.15, 0.2) is 0 Å². The molecule has 0 radical (unpaired) electrons. The van der Waals surface area contributed by atoms with Gasteiger partial charge in [-0.05, 0) is 47.6 Å². The molecule has 1 heterocycles. The van der Waals surface area contributed by atoms with Gasteiger partial charge < -0.3 is 10.2 Å². The minimum absolute atomic E-state index is 1.08. The molecule has 0 saturated heterocycles. The molecule has 0 spiro atoms. The second-order valence-corrected chi connectivity index (χ2v) is 6.28. The second kappa shape index (κ2) is 8.23. The average Bonchev–Trinajstić information content (AvgIpc) is 2.70. The van der Waals surface area contributed by atoms with E-state index in [9.17, 15) is 0 Å². The smallest absolute Gasteiger partial charge is 0.0701 e. The van der Waals surface area contributed by atoms with Crippen LogP contribution in [0.5, 0.6) is 0 Å². The number of thiophene rings is 1. The Kier molecular flexibility index (Phi) is 7.28. The van der Waals surface area contributed by atoms with Crippen LogP contribution in [0, 0.1) is 0 Å². The van der Waals surface area contributed by atoms with Crippen molar-refractivity contribution in [1.29, 1.82) is 0 Å². The Morgan fingerprint density at radius 3 is 2.56 bits per heavy atom. The van der Waals surface area contributed by atoms with Crippen molar-refractivity contribution in [2.24, 2.45) is 0 Å². The minimum atomic E-state index is 1.08. The Labute approximate surface area is 111 Å². The number of hydrogen-bond donors (Lipinski definition) is 1. The van der Waals surface area contributed by atoms with Crippen molar-refractivity contribution < 1.29 is 0 Å². The van der Waals surface area contributed by atoms with Crippen molar-refractivity contribution in [3.63, 3.8) is 0 Å². The molecule has 0 amide bonds. The Bertz CT molecular complexity index is 284. The molecule has 0 aliphatic rings. The lowest BCUT2D eigenvalue weighted by Crippen LogP contribution is -2.32. The summed E-state index contributed by atoms with van der Waals surface area (Å²) in [5.41, 5.74) is 0. The third kappa shape index (κ3) is 5.43. The van der Waals surface area contributed by atoms with E-state index in [2.05, 4.69) is 52.1 Å². The fraction of sp³-hybridized carbons (Fsp3) is 0.667. The van der Waals surface area contributed by atoms with Crippen LogP contribution in [0.15, 0.2) is 15.9 Å². The van der Waals surface area contributed by atoms with Gasteiger partial charge in [-0.15, -0.1) is 11.3 Å². The van der Waals surface area contributed by atoms with Crippen LogP contribution in [0.3, 0.4) is 0 Å². The molecule has 0 fully saturated rings. The third-order valence-corrected chi connectivity index (χ3v) is 4.36. The monoisotopic (exact) mass is 304 g/mol. The van der Waals surface area contributed by atoms with Crippen LogP contribution in [0.25, 0.3) is 0 Å². The molecule has 2 nitrogen and oxygen atoms in total. The van der Waals surface area contributed by atoms with Gasteiger partial charge in [-0.2, -0.15) is 0 Å². The predicted octanol–water partition coefficient (Wildman–Crippen LogP) is 2.98. The number of likely N-dealkylation sites (N-methyl/N-ethyl adjacent to an activating group) is 1. The molecule has 0 saturated carbocycles. The SMILES string of the molecule is CCN(CC)CCNCCc1ccc(Br)s1. The Morgan fingerprint density at radius 2 is 2.00 bits per heavy atom. The highest BCUT2D eigenvalue weighted by molar-refractivity contribution is 9.11. The van der Waals surface area contributed by atoms with Gasteiger partial charge in [0.2, 0.25) is 0 Å². The van der Waals surface area contributed by atoms with E-state index in [0.717, 1.165) is 39.1 Å². The van der Waals surface area contributed by atoms with E-state index in [-0.39, 0.29) is 0 Å². The van der Waals surface area contributed by atoms with Gasteiger partial charge in [0.05, 0.1) is 3.79 Å². The summed E-state index contributed by atoms with van der Waals surface area (Å²) < 4.78 is 1.23. The predicted molar refractivity (Wildman–Crippen MR) is 76.4 cm³/mol. The lowest BCUT2D eigenvalue weighted by Gasteiger charge is -2.17. The molecule has 0 aromatic carbocycles. The van der Waals surface area contributed by atoms with Crippen LogP contribution < -0.4 is 5.32 Å². The van der Waals surface area contributed by atoms with Gasteiger partial charge in [0.25, 0.3) is 0 Å². The van der Waals surface area contributed by atoms with E-state index in [0.29, 0.717) is 0 Å². The molecular formula is C12H21BrN2S. The summed E-state index contributed by atoms with van der Waals surface area (Å²) in [6.07, 6.45) is 1.13. The van der Waals surface area contributed by atoms with E-state index >= 15 is 0 Å². The lowest BCUT2D eigenvalue weighted by atomic mass is 10.3. The van der Waals surface area contributed by atoms with Crippen molar-refractivity contribution in [2.45, 2.75) is 20.3 Å². The van der Waals surface area contributed by atoms with E-state index in [4.69, 9.17) is 0 Å². The largest absolute Gasteiger partial charge is 0.315 e. The molecule has 1 N–H and O–H groups in total. The second-order valence-electron chi connectivity index (χ2n) is 3.73. The summed E-state index contributed by atoms with van der Waals surface area (Å²) in [5, 5.41) is 3.49. The molecule has 0 unspecified atom stereocenters. The van der Waals surface area contributed by atoms with Crippen LogP contribution in [-0.2, 0) is 6.42 Å². The molecule has 1 aromatic rings. The van der Waals surface area contributed by atoms with Crippen LogP contribution in [-0.4, -0.2) is 37.6 Å². The van der Waals surface area contributed by atoms with Crippen LogP contribution in [0.1, 0.15) is 18.7 Å². The van der Waals surface area contributed by atoms with E-state index in [1.807, 2.05) is 11.3 Å². The normalized spacial score (nSPS) is 11.2. The highest BCUT2D eigenvalue weighted by atomic mass is 79.9. The minimum Gasteiger partial charge on any atom is -0.315 e. The quantitative estimate of drug-likeness (QED) is 0.743. The van der Waals surface area contributed by atoms with E-state index in [1.165, 1.54) is 8.66 Å². The van der Waals surface area contributed by atoms with Crippen molar-refractivity contribution in [3.05, 3.63) is 20.8 Å². The maximum absolute atomic E-state index is 3.49. The average molecular weight is 305 g/mol. The summed E-state index contributed by atoms with van der Waals surface area (Å²) in [7, 11) is 0. The maximum Gasteiger partial charge on any atom is 0.0701 e. The van der Waals surface area contributed by atoms with Crippen molar-refractivity contribution in [1.82, 2.24) is 10.2 Å². The summed E-state index contributed by atoms with van der Waals surface area (Å²) >= 11 is 5.31. The van der Waals surface area contributed by atoms with Gasteiger partial charge in [-0.1, -0.05) is 13.8 Å². The molecule has 92 valence electrons. The number of rotatable bonds is 8. The third-order valence-electron chi connectivity index (χ3n) is 2.68. The summed E-state index contributed by atoms with van der Waals surface area (Å²) in [5.74, 6) is 0. The van der Waals surface area contributed by atoms with E-state index < -0.39 is 0 Å². The fourth-order valence-electron chi connectivity index (χ4n) is 1.60. The molecule has 0 aliphatic carbocycles. The van der Waals surface area contributed by atoms with Gasteiger partial charge in [0.1, 0.15) is 0 Å². The molecule has 1 aromatic heterocycles. The van der Waals surface area contributed by atoms with Gasteiger partial charge in [-0.25, -0.2) is 0 Å². The highest BCUT2D eigenvalue weighted by Crippen LogP contribution is 2.21. The topological polar surface area (TPSA) is 15.3 Å². The molecule has 0 aliphatic heterocycles. The molecule has 1 rings (SSSR count). The fourth-order valence-corrected chi connectivity index (χ4v) is 3.08. The molecule has 0 atom stereocenters. The van der Waals surface area contributed by atoms with Crippen molar-refractivity contribution in [2.75, 3.05) is 32.7 Å².